The first-order valence-electron chi connectivity index (χ1n) is 13.8. The van der Waals surface area contributed by atoms with Gasteiger partial charge in [-0.1, -0.05) is 129 Å². The third-order valence-electron chi connectivity index (χ3n) is 6.08. The summed E-state index contributed by atoms with van der Waals surface area (Å²) in [5.74, 6) is 0. The summed E-state index contributed by atoms with van der Waals surface area (Å²) in [6.07, 6.45) is 22.3. The van der Waals surface area contributed by atoms with Crippen LogP contribution in [0.25, 0.3) is 0 Å². The number of carbonyl (C=O) groups excluding carboxylic acids is 1. The van der Waals surface area contributed by atoms with E-state index < -0.39 is 24.5 Å². The second-order valence-electron chi connectivity index (χ2n) is 9.41. The van der Waals surface area contributed by atoms with Gasteiger partial charge in [-0.3, -0.25) is 4.79 Å². The highest BCUT2D eigenvalue weighted by Crippen LogP contribution is 2.11. The predicted octanol–water partition coefficient (Wildman–Crippen LogP) is 6.79. The van der Waals surface area contributed by atoms with Crippen molar-refractivity contribution in [2.24, 2.45) is 0 Å². The van der Waals surface area contributed by atoms with Crippen molar-refractivity contribution in [3.8, 4) is 0 Å². The van der Waals surface area contributed by atoms with Gasteiger partial charge in [-0.05, 0) is 12.8 Å². The molecule has 0 spiro atoms. The fourth-order valence-electron chi connectivity index (χ4n) is 3.90. The van der Waals surface area contributed by atoms with E-state index in [9.17, 15) is 21.6 Å². The van der Waals surface area contributed by atoms with E-state index in [0.717, 1.165) is 38.5 Å². The zero-order valence-corrected chi connectivity index (χ0v) is 23.5. The smallest absolute Gasteiger partial charge is 0.260 e. The second-order valence-corrected chi connectivity index (χ2v) is 13.0. The molecule has 34 heavy (non-hydrogen) atoms. The molecule has 0 rings (SSSR count). The summed E-state index contributed by atoms with van der Waals surface area (Å²) in [6, 6.07) is 0. The predicted molar refractivity (Wildman–Crippen MR) is 143 cm³/mol. The van der Waals surface area contributed by atoms with Crippen molar-refractivity contribution in [2.75, 3.05) is 13.1 Å². The lowest BCUT2D eigenvalue weighted by atomic mass is 10.1. The maximum atomic E-state index is 12.1. The molecule has 0 fully saturated rings. The van der Waals surface area contributed by atoms with Crippen LogP contribution in [0.4, 0.5) is 4.79 Å². The first-order valence-corrected chi connectivity index (χ1v) is 16.8. The van der Waals surface area contributed by atoms with Crippen LogP contribution in [0.15, 0.2) is 0 Å². The highest BCUT2D eigenvalue weighted by Gasteiger charge is 2.34. The van der Waals surface area contributed by atoms with Gasteiger partial charge in [0.25, 0.3) is 20.0 Å². The van der Waals surface area contributed by atoms with Gasteiger partial charge < -0.3 is 0 Å². The Labute approximate surface area is 210 Å². The highest BCUT2D eigenvalue weighted by atomic mass is 32.3. The molecule has 0 aliphatic heterocycles. The van der Waals surface area contributed by atoms with Crippen LogP contribution in [0.3, 0.4) is 0 Å². The zero-order chi connectivity index (χ0) is 25.5. The van der Waals surface area contributed by atoms with E-state index in [2.05, 4.69) is 23.3 Å². The van der Waals surface area contributed by atoms with Gasteiger partial charge in [0.15, 0.2) is 0 Å². The fourth-order valence-corrected chi connectivity index (χ4v) is 6.47. The summed E-state index contributed by atoms with van der Waals surface area (Å²) in [5, 5.41) is 0. The van der Waals surface area contributed by atoms with Crippen LogP contribution in [0.5, 0.6) is 0 Å². The SMILES string of the molecule is CCCCCCCCCCCCNS(=O)(=O)C(=O)S(=O)(=O)NCCCCCCCCCCCC. The van der Waals surface area contributed by atoms with Gasteiger partial charge in [0, 0.05) is 13.1 Å². The molecule has 0 saturated carbocycles. The van der Waals surface area contributed by atoms with E-state index in [1.54, 1.807) is 0 Å². The molecule has 0 aliphatic rings. The number of sulfonamides is 2. The lowest BCUT2D eigenvalue weighted by Gasteiger charge is -2.08. The van der Waals surface area contributed by atoms with Gasteiger partial charge >= 0.3 is 4.45 Å². The molecular formula is C25H52N2O5S2. The van der Waals surface area contributed by atoms with Gasteiger partial charge in [0.1, 0.15) is 0 Å². The number of rotatable bonds is 24. The molecule has 0 bridgehead atoms. The summed E-state index contributed by atoms with van der Waals surface area (Å²) in [5.41, 5.74) is 0. The van der Waals surface area contributed by atoms with Crippen LogP contribution in [-0.4, -0.2) is 34.4 Å². The standard InChI is InChI=1S/C25H52N2O5S2/c1-3-5-7-9-11-13-15-17-19-21-23-26-33(29,30)25(28)34(31,32)27-24-22-20-18-16-14-12-10-8-6-4-2/h26-27H,3-24H2,1-2H3. The van der Waals surface area contributed by atoms with Crippen LogP contribution in [-0.2, 0) is 20.0 Å². The van der Waals surface area contributed by atoms with Crippen LogP contribution in [0.2, 0.25) is 0 Å². The number of nitrogens with one attached hydrogen (secondary N) is 2. The Kier molecular flexibility index (Phi) is 21.4. The molecule has 0 unspecified atom stereocenters. The van der Waals surface area contributed by atoms with Crippen molar-refractivity contribution in [2.45, 2.75) is 142 Å². The van der Waals surface area contributed by atoms with E-state index >= 15 is 0 Å². The van der Waals surface area contributed by atoms with Crippen LogP contribution in [0, 0.1) is 0 Å². The molecular weight excluding hydrogens is 472 g/mol. The van der Waals surface area contributed by atoms with E-state index in [-0.39, 0.29) is 13.1 Å². The largest absolute Gasteiger partial charge is 0.389 e. The maximum Gasteiger partial charge on any atom is 0.389 e. The molecule has 0 aromatic rings. The molecule has 0 aromatic carbocycles. The van der Waals surface area contributed by atoms with E-state index in [1.807, 2.05) is 0 Å². The average molecular weight is 525 g/mol. The lowest BCUT2D eigenvalue weighted by molar-refractivity contribution is 0.272. The summed E-state index contributed by atoms with van der Waals surface area (Å²) in [4.78, 5) is 12.0. The third-order valence-corrected chi connectivity index (χ3v) is 9.45. The molecule has 2 N–H and O–H groups in total. The minimum Gasteiger partial charge on any atom is -0.260 e. The molecule has 0 radical (unpaired) electrons. The first-order chi connectivity index (χ1) is 16.3. The van der Waals surface area contributed by atoms with Crippen LogP contribution in [0.1, 0.15) is 142 Å². The summed E-state index contributed by atoms with van der Waals surface area (Å²) < 4.78 is 50.7. The molecule has 0 heterocycles. The molecule has 7 nitrogen and oxygen atoms in total. The van der Waals surface area contributed by atoms with Crippen molar-refractivity contribution in [3.05, 3.63) is 0 Å². The van der Waals surface area contributed by atoms with Crippen molar-refractivity contribution in [1.82, 2.24) is 9.44 Å². The molecule has 9 heteroatoms. The van der Waals surface area contributed by atoms with Crippen molar-refractivity contribution < 1.29 is 21.6 Å². The van der Waals surface area contributed by atoms with Gasteiger partial charge in [0.2, 0.25) is 0 Å². The number of hydrogen-bond acceptors (Lipinski definition) is 5. The van der Waals surface area contributed by atoms with Crippen molar-refractivity contribution >= 4 is 24.5 Å². The molecule has 0 aromatic heterocycles. The van der Waals surface area contributed by atoms with E-state index in [0.29, 0.717) is 12.8 Å². The summed E-state index contributed by atoms with van der Waals surface area (Å²) in [6.45, 7) is 4.57. The first kappa shape index (κ1) is 33.5. The van der Waals surface area contributed by atoms with Crippen molar-refractivity contribution in [1.29, 1.82) is 0 Å². The maximum absolute atomic E-state index is 12.1. The Morgan fingerprint density at radius 1 is 0.441 bits per heavy atom. The molecule has 0 amide bonds. The topological polar surface area (TPSA) is 109 Å². The Hall–Kier alpha value is -0.510. The molecule has 0 aliphatic carbocycles. The second kappa shape index (κ2) is 21.7. The van der Waals surface area contributed by atoms with Gasteiger partial charge in [-0.15, -0.1) is 0 Å². The van der Waals surface area contributed by atoms with Gasteiger partial charge in [0.05, 0.1) is 0 Å². The molecule has 0 saturated heterocycles. The minimum absolute atomic E-state index is 0.0819. The third kappa shape index (κ3) is 18.8. The molecule has 204 valence electrons. The van der Waals surface area contributed by atoms with Gasteiger partial charge in [-0.2, -0.15) is 0 Å². The molecule has 0 atom stereocenters. The summed E-state index contributed by atoms with van der Waals surface area (Å²) in [7, 11) is -9.06. The number of unbranched alkanes of at least 4 members (excludes halogenated alkanes) is 18. The highest BCUT2D eigenvalue weighted by molar-refractivity contribution is 8.29. The normalized spacial score (nSPS) is 12.3. The Balaban J connectivity index is 3.86. The fraction of sp³-hybridized carbons (Fsp3) is 0.960. The minimum atomic E-state index is -4.53. The van der Waals surface area contributed by atoms with Crippen LogP contribution < -0.4 is 9.44 Å². The van der Waals surface area contributed by atoms with Crippen molar-refractivity contribution in [3.63, 3.8) is 0 Å². The number of carbonyl (C=O) groups is 1. The number of hydrogen-bond donors (Lipinski definition) is 2. The Morgan fingerprint density at radius 3 is 0.941 bits per heavy atom. The Bertz CT molecular complexity index is 636. The average Bonchev–Trinajstić information content (AvgIpc) is 2.80. The quantitative estimate of drug-likeness (QED) is 0.135. The van der Waals surface area contributed by atoms with Gasteiger partial charge in [-0.25, -0.2) is 26.3 Å². The van der Waals surface area contributed by atoms with Crippen LogP contribution >= 0.6 is 0 Å². The lowest BCUT2D eigenvalue weighted by Crippen LogP contribution is -2.40. The van der Waals surface area contributed by atoms with E-state index in [4.69, 9.17) is 0 Å². The monoisotopic (exact) mass is 524 g/mol. The zero-order valence-electron chi connectivity index (χ0n) is 21.9. The Morgan fingerprint density at radius 2 is 0.676 bits per heavy atom. The van der Waals surface area contributed by atoms with E-state index in [1.165, 1.54) is 77.0 Å². The summed E-state index contributed by atoms with van der Waals surface area (Å²) >= 11 is 0.